The SMILES string of the molecule is CCCn1cc(C2CCCC2NC)cn1. The van der Waals surface area contributed by atoms with Crippen LogP contribution in [-0.2, 0) is 6.54 Å². The number of hydrogen-bond donors (Lipinski definition) is 1. The minimum Gasteiger partial charge on any atom is -0.316 e. The summed E-state index contributed by atoms with van der Waals surface area (Å²) >= 11 is 0. The summed E-state index contributed by atoms with van der Waals surface area (Å²) in [5.74, 6) is 0.681. The zero-order valence-corrected chi connectivity index (χ0v) is 9.74. The van der Waals surface area contributed by atoms with E-state index in [0.717, 1.165) is 13.0 Å². The summed E-state index contributed by atoms with van der Waals surface area (Å²) in [5.41, 5.74) is 1.42. The van der Waals surface area contributed by atoms with Crippen molar-refractivity contribution in [3.05, 3.63) is 18.0 Å². The highest BCUT2D eigenvalue weighted by molar-refractivity contribution is 5.16. The van der Waals surface area contributed by atoms with Gasteiger partial charge in [-0.2, -0.15) is 5.10 Å². The molecule has 1 saturated carbocycles. The van der Waals surface area contributed by atoms with Gasteiger partial charge in [-0.25, -0.2) is 0 Å². The van der Waals surface area contributed by atoms with Crippen molar-refractivity contribution in [3.63, 3.8) is 0 Å². The largest absolute Gasteiger partial charge is 0.316 e. The molecule has 1 aromatic rings. The summed E-state index contributed by atoms with van der Waals surface area (Å²) in [7, 11) is 2.07. The predicted octanol–water partition coefficient (Wildman–Crippen LogP) is 2.15. The number of nitrogens with zero attached hydrogens (tertiary/aromatic N) is 2. The molecule has 15 heavy (non-hydrogen) atoms. The van der Waals surface area contributed by atoms with Crippen molar-refractivity contribution in [3.8, 4) is 0 Å². The van der Waals surface area contributed by atoms with Gasteiger partial charge in [-0.05, 0) is 31.9 Å². The Morgan fingerprint density at radius 3 is 3.13 bits per heavy atom. The molecule has 1 aromatic heterocycles. The maximum absolute atomic E-state index is 4.41. The molecule has 0 radical (unpaired) electrons. The molecule has 1 aliphatic rings. The number of nitrogens with one attached hydrogen (secondary N) is 1. The van der Waals surface area contributed by atoms with Crippen molar-refractivity contribution in [1.29, 1.82) is 0 Å². The van der Waals surface area contributed by atoms with Crippen LogP contribution < -0.4 is 5.32 Å². The summed E-state index contributed by atoms with van der Waals surface area (Å²) in [5, 5.41) is 7.82. The lowest BCUT2D eigenvalue weighted by Gasteiger charge is -2.17. The molecule has 3 nitrogen and oxygen atoms in total. The minimum absolute atomic E-state index is 0.657. The van der Waals surface area contributed by atoms with Crippen LogP contribution in [0.5, 0.6) is 0 Å². The highest BCUT2D eigenvalue weighted by atomic mass is 15.3. The summed E-state index contributed by atoms with van der Waals surface area (Å²) in [6.07, 6.45) is 9.39. The first-order valence-electron chi connectivity index (χ1n) is 6.04. The second kappa shape index (κ2) is 4.79. The molecule has 2 unspecified atom stereocenters. The molecule has 84 valence electrons. The molecule has 0 bridgehead atoms. The van der Waals surface area contributed by atoms with Gasteiger partial charge in [0.1, 0.15) is 0 Å². The maximum atomic E-state index is 4.41. The van der Waals surface area contributed by atoms with Gasteiger partial charge in [-0.15, -0.1) is 0 Å². The lowest BCUT2D eigenvalue weighted by Crippen LogP contribution is -2.27. The van der Waals surface area contributed by atoms with E-state index < -0.39 is 0 Å². The van der Waals surface area contributed by atoms with Crippen molar-refractivity contribution in [2.75, 3.05) is 7.05 Å². The number of aromatic nitrogens is 2. The zero-order valence-electron chi connectivity index (χ0n) is 9.74. The van der Waals surface area contributed by atoms with E-state index in [0.29, 0.717) is 12.0 Å². The number of aryl methyl sites for hydroxylation is 1. The van der Waals surface area contributed by atoms with Gasteiger partial charge in [0, 0.05) is 24.7 Å². The van der Waals surface area contributed by atoms with Gasteiger partial charge < -0.3 is 5.32 Å². The lowest BCUT2D eigenvalue weighted by molar-refractivity contribution is 0.521. The van der Waals surface area contributed by atoms with E-state index in [1.54, 1.807) is 0 Å². The highest BCUT2D eigenvalue weighted by Crippen LogP contribution is 2.34. The Hall–Kier alpha value is -0.830. The quantitative estimate of drug-likeness (QED) is 0.820. The Morgan fingerprint density at radius 2 is 2.40 bits per heavy atom. The Labute approximate surface area is 91.9 Å². The average molecular weight is 207 g/mol. The number of likely N-dealkylation sites (N-methyl/N-ethyl adjacent to an activating group) is 1. The fraction of sp³-hybridized carbons (Fsp3) is 0.750. The Balaban J connectivity index is 2.07. The van der Waals surface area contributed by atoms with Crippen molar-refractivity contribution in [2.45, 2.75) is 51.1 Å². The van der Waals surface area contributed by atoms with Gasteiger partial charge in [0.2, 0.25) is 0 Å². The molecule has 0 spiro atoms. The molecular formula is C12H21N3. The summed E-state index contributed by atoms with van der Waals surface area (Å²) in [6, 6.07) is 0.657. The van der Waals surface area contributed by atoms with E-state index in [1.807, 2.05) is 0 Å². The van der Waals surface area contributed by atoms with Gasteiger partial charge in [0.05, 0.1) is 6.20 Å². The molecule has 3 heteroatoms. The number of rotatable bonds is 4. The molecular weight excluding hydrogens is 186 g/mol. The number of hydrogen-bond acceptors (Lipinski definition) is 2. The first-order chi connectivity index (χ1) is 7.35. The molecule has 0 amide bonds. The second-order valence-electron chi connectivity index (χ2n) is 4.47. The van der Waals surface area contributed by atoms with E-state index in [4.69, 9.17) is 0 Å². The molecule has 1 aliphatic carbocycles. The topological polar surface area (TPSA) is 29.9 Å². The van der Waals surface area contributed by atoms with Crippen LogP contribution in [0.25, 0.3) is 0 Å². The van der Waals surface area contributed by atoms with Gasteiger partial charge in [0.15, 0.2) is 0 Å². The lowest BCUT2D eigenvalue weighted by atomic mass is 9.97. The average Bonchev–Trinajstić information content (AvgIpc) is 2.84. The molecule has 2 atom stereocenters. The molecule has 1 heterocycles. The summed E-state index contributed by atoms with van der Waals surface area (Å²) in [4.78, 5) is 0. The van der Waals surface area contributed by atoms with Crippen molar-refractivity contribution in [1.82, 2.24) is 15.1 Å². The van der Waals surface area contributed by atoms with Crippen LogP contribution in [0, 0.1) is 0 Å². The van der Waals surface area contributed by atoms with Gasteiger partial charge in [0.25, 0.3) is 0 Å². The van der Waals surface area contributed by atoms with Crippen LogP contribution in [0.1, 0.15) is 44.1 Å². The highest BCUT2D eigenvalue weighted by Gasteiger charge is 2.27. The molecule has 0 aromatic carbocycles. The molecule has 1 N–H and O–H groups in total. The third-order valence-electron chi connectivity index (χ3n) is 3.42. The summed E-state index contributed by atoms with van der Waals surface area (Å²) < 4.78 is 2.07. The Kier molecular flexibility index (Phi) is 3.41. The Morgan fingerprint density at radius 1 is 1.53 bits per heavy atom. The van der Waals surface area contributed by atoms with Crippen molar-refractivity contribution in [2.24, 2.45) is 0 Å². The van der Waals surface area contributed by atoms with Crippen LogP contribution in [0.15, 0.2) is 12.4 Å². The van der Waals surface area contributed by atoms with E-state index in [9.17, 15) is 0 Å². The van der Waals surface area contributed by atoms with Gasteiger partial charge in [-0.3, -0.25) is 4.68 Å². The predicted molar refractivity (Wildman–Crippen MR) is 62.0 cm³/mol. The fourth-order valence-electron chi connectivity index (χ4n) is 2.63. The van der Waals surface area contributed by atoms with Crippen LogP contribution in [0.2, 0.25) is 0 Å². The molecule has 2 rings (SSSR count). The fourth-order valence-corrected chi connectivity index (χ4v) is 2.63. The first kappa shape index (κ1) is 10.7. The minimum atomic E-state index is 0.657. The second-order valence-corrected chi connectivity index (χ2v) is 4.47. The van der Waals surface area contributed by atoms with E-state index in [2.05, 4.69) is 41.5 Å². The Bertz CT molecular complexity index is 306. The van der Waals surface area contributed by atoms with E-state index in [-0.39, 0.29) is 0 Å². The van der Waals surface area contributed by atoms with Crippen LogP contribution >= 0.6 is 0 Å². The zero-order chi connectivity index (χ0) is 10.7. The molecule has 0 aliphatic heterocycles. The monoisotopic (exact) mass is 207 g/mol. The summed E-state index contributed by atoms with van der Waals surface area (Å²) in [6.45, 7) is 3.23. The van der Waals surface area contributed by atoms with E-state index in [1.165, 1.54) is 24.8 Å². The van der Waals surface area contributed by atoms with Crippen LogP contribution in [0.4, 0.5) is 0 Å². The van der Waals surface area contributed by atoms with Crippen molar-refractivity contribution >= 4 is 0 Å². The normalized spacial score (nSPS) is 26.0. The van der Waals surface area contributed by atoms with Crippen molar-refractivity contribution < 1.29 is 0 Å². The van der Waals surface area contributed by atoms with E-state index >= 15 is 0 Å². The standard InChI is InChI=1S/C12H21N3/c1-3-7-15-9-10(8-14-15)11-5-4-6-12(11)13-2/h8-9,11-13H,3-7H2,1-2H3. The van der Waals surface area contributed by atoms with Crippen LogP contribution in [0.3, 0.4) is 0 Å². The molecule has 0 saturated heterocycles. The van der Waals surface area contributed by atoms with Crippen LogP contribution in [-0.4, -0.2) is 22.9 Å². The smallest absolute Gasteiger partial charge is 0.0525 e. The van der Waals surface area contributed by atoms with Gasteiger partial charge in [-0.1, -0.05) is 13.3 Å². The third kappa shape index (κ3) is 2.23. The maximum Gasteiger partial charge on any atom is 0.0525 e. The first-order valence-corrected chi connectivity index (χ1v) is 6.04. The van der Waals surface area contributed by atoms with Gasteiger partial charge >= 0.3 is 0 Å². The molecule has 1 fully saturated rings. The third-order valence-corrected chi connectivity index (χ3v) is 3.42.